The second-order valence-corrected chi connectivity index (χ2v) is 9.46. The monoisotopic (exact) mass is 435 g/mol. The van der Waals surface area contributed by atoms with Crippen molar-refractivity contribution in [3.63, 3.8) is 0 Å². The zero-order valence-electron chi connectivity index (χ0n) is 18.2. The summed E-state index contributed by atoms with van der Waals surface area (Å²) >= 11 is 6.10. The van der Waals surface area contributed by atoms with Gasteiger partial charge in [-0.2, -0.15) is 0 Å². The highest BCUT2D eigenvalue weighted by molar-refractivity contribution is 6.30. The number of likely N-dealkylation sites (N-methyl/N-ethyl adjacent to an activating group) is 1. The van der Waals surface area contributed by atoms with E-state index in [9.17, 15) is 9.59 Å². The van der Waals surface area contributed by atoms with Crippen LogP contribution in [0.5, 0.6) is 5.75 Å². The van der Waals surface area contributed by atoms with E-state index in [1.54, 1.807) is 6.07 Å². The fourth-order valence-corrected chi connectivity index (χ4v) is 4.65. The van der Waals surface area contributed by atoms with Gasteiger partial charge in [0.1, 0.15) is 5.75 Å². The Hall–Kier alpha value is -1.79. The molecule has 0 aliphatic carbocycles. The van der Waals surface area contributed by atoms with Gasteiger partial charge in [0.25, 0.3) is 0 Å². The van der Waals surface area contributed by atoms with Crippen LogP contribution in [0.3, 0.4) is 0 Å². The molecular weight excluding hydrogens is 402 g/mol. The standard InChI is InChI=1S/C23H34ClN3O3/c1-25(2)16-22(29)27-13-7-10-23(17-27,15-21(28)26-11-4-3-5-12-26)18-30-20-9-6-8-19(24)14-20/h6,8-9,14H,3-5,7,10-13,15-18H2,1-2H3/t23-/m1/s1. The molecular formula is C23H34ClN3O3. The molecule has 0 unspecified atom stereocenters. The summed E-state index contributed by atoms with van der Waals surface area (Å²) < 4.78 is 6.12. The first kappa shape index (κ1) is 22.9. The summed E-state index contributed by atoms with van der Waals surface area (Å²) in [6.07, 6.45) is 5.51. The minimum absolute atomic E-state index is 0.109. The molecule has 2 fully saturated rings. The zero-order chi connectivity index (χ0) is 21.6. The molecule has 2 saturated heterocycles. The summed E-state index contributed by atoms with van der Waals surface area (Å²) in [6.45, 7) is 3.76. The molecule has 0 N–H and O–H groups in total. The number of nitrogens with zero attached hydrogens (tertiary/aromatic N) is 3. The van der Waals surface area contributed by atoms with Crippen molar-refractivity contribution in [2.75, 3.05) is 53.4 Å². The number of carbonyl (C=O) groups is 2. The maximum Gasteiger partial charge on any atom is 0.236 e. The van der Waals surface area contributed by atoms with Crippen molar-refractivity contribution in [1.82, 2.24) is 14.7 Å². The van der Waals surface area contributed by atoms with Crippen LogP contribution in [0.15, 0.2) is 24.3 Å². The van der Waals surface area contributed by atoms with Gasteiger partial charge in [-0.1, -0.05) is 17.7 Å². The third kappa shape index (κ3) is 6.35. The van der Waals surface area contributed by atoms with Gasteiger partial charge < -0.3 is 19.4 Å². The normalized spacial score (nSPS) is 22.3. The first-order valence-electron chi connectivity index (χ1n) is 11.0. The van der Waals surface area contributed by atoms with E-state index in [2.05, 4.69) is 0 Å². The van der Waals surface area contributed by atoms with E-state index in [4.69, 9.17) is 16.3 Å². The Morgan fingerprint density at radius 2 is 1.80 bits per heavy atom. The Balaban J connectivity index is 1.74. The number of rotatable bonds is 7. The Kier molecular flexibility index (Phi) is 8.00. The molecule has 2 heterocycles. The molecule has 166 valence electrons. The van der Waals surface area contributed by atoms with Crippen molar-refractivity contribution < 1.29 is 14.3 Å². The van der Waals surface area contributed by atoms with Crippen LogP contribution in [0.2, 0.25) is 5.02 Å². The third-order valence-electron chi connectivity index (χ3n) is 6.04. The molecule has 2 aliphatic rings. The van der Waals surface area contributed by atoms with Gasteiger partial charge in [0.05, 0.1) is 13.2 Å². The lowest BCUT2D eigenvalue weighted by Gasteiger charge is -2.43. The van der Waals surface area contributed by atoms with Crippen LogP contribution in [0.25, 0.3) is 0 Å². The summed E-state index contributed by atoms with van der Waals surface area (Å²) in [4.78, 5) is 31.7. The smallest absolute Gasteiger partial charge is 0.236 e. The summed E-state index contributed by atoms with van der Waals surface area (Å²) in [7, 11) is 3.80. The van der Waals surface area contributed by atoms with Crippen molar-refractivity contribution in [2.24, 2.45) is 5.41 Å². The van der Waals surface area contributed by atoms with Gasteiger partial charge in [-0.25, -0.2) is 0 Å². The van der Waals surface area contributed by atoms with E-state index in [-0.39, 0.29) is 17.2 Å². The summed E-state index contributed by atoms with van der Waals surface area (Å²) in [5, 5.41) is 0.623. The van der Waals surface area contributed by atoms with E-state index in [1.165, 1.54) is 6.42 Å². The maximum atomic E-state index is 13.1. The molecule has 3 rings (SSSR count). The van der Waals surface area contributed by atoms with E-state index >= 15 is 0 Å². The fraction of sp³-hybridized carbons (Fsp3) is 0.652. The number of piperidine rings is 2. The van der Waals surface area contributed by atoms with Gasteiger partial charge in [0.2, 0.25) is 11.8 Å². The zero-order valence-corrected chi connectivity index (χ0v) is 19.0. The molecule has 0 spiro atoms. The minimum atomic E-state index is -0.378. The number of hydrogen-bond acceptors (Lipinski definition) is 4. The summed E-state index contributed by atoms with van der Waals surface area (Å²) in [5.41, 5.74) is -0.378. The largest absolute Gasteiger partial charge is 0.493 e. The van der Waals surface area contributed by atoms with Crippen molar-refractivity contribution in [2.45, 2.75) is 38.5 Å². The van der Waals surface area contributed by atoms with Crippen LogP contribution in [-0.2, 0) is 9.59 Å². The fourth-order valence-electron chi connectivity index (χ4n) is 4.47. The van der Waals surface area contributed by atoms with E-state index in [0.717, 1.165) is 45.3 Å². The molecule has 30 heavy (non-hydrogen) atoms. The summed E-state index contributed by atoms with van der Waals surface area (Å²) in [6, 6.07) is 7.34. The highest BCUT2D eigenvalue weighted by Gasteiger charge is 2.41. The van der Waals surface area contributed by atoms with Crippen molar-refractivity contribution in [3.8, 4) is 5.75 Å². The average Bonchev–Trinajstić information content (AvgIpc) is 2.73. The molecule has 2 amide bonds. The predicted octanol–water partition coefficient (Wildman–Crippen LogP) is 3.29. The van der Waals surface area contributed by atoms with Crippen molar-refractivity contribution >= 4 is 23.4 Å². The average molecular weight is 436 g/mol. The molecule has 6 nitrogen and oxygen atoms in total. The van der Waals surface area contributed by atoms with Gasteiger partial charge in [-0.15, -0.1) is 0 Å². The minimum Gasteiger partial charge on any atom is -0.493 e. The Bertz CT molecular complexity index is 736. The number of ether oxygens (including phenoxy) is 1. The molecule has 0 radical (unpaired) electrons. The number of hydrogen-bond donors (Lipinski definition) is 0. The number of carbonyl (C=O) groups excluding carboxylic acids is 2. The van der Waals surface area contributed by atoms with Crippen LogP contribution in [0.1, 0.15) is 38.5 Å². The lowest BCUT2D eigenvalue weighted by atomic mass is 9.77. The topological polar surface area (TPSA) is 53.1 Å². The lowest BCUT2D eigenvalue weighted by molar-refractivity contribution is -0.142. The molecule has 2 aliphatic heterocycles. The molecule has 1 aromatic rings. The first-order chi connectivity index (χ1) is 14.4. The first-order valence-corrected chi connectivity index (χ1v) is 11.3. The van der Waals surface area contributed by atoms with E-state index < -0.39 is 0 Å². The van der Waals surface area contributed by atoms with Gasteiger partial charge in [0, 0.05) is 43.0 Å². The predicted molar refractivity (Wildman–Crippen MR) is 119 cm³/mol. The molecule has 7 heteroatoms. The van der Waals surface area contributed by atoms with Crippen LogP contribution >= 0.6 is 11.6 Å². The molecule has 0 bridgehead atoms. The second kappa shape index (κ2) is 10.5. The van der Waals surface area contributed by atoms with Crippen molar-refractivity contribution in [1.29, 1.82) is 0 Å². The Morgan fingerprint density at radius 1 is 1.07 bits per heavy atom. The van der Waals surface area contributed by atoms with Gasteiger partial charge in [-0.05, 0) is 64.4 Å². The van der Waals surface area contributed by atoms with Crippen LogP contribution in [-0.4, -0.2) is 79.9 Å². The second-order valence-electron chi connectivity index (χ2n) is 9.02. The van der Waals surface area contributed by atoms with E-state index in [0.29, 0.717) is 36.9 Å². The van der Waals surface area contributed by atoms with Crippen LogP contribution in [0.4, 0.5) is 0 Å². The van der Waals surface area contributed by atoms with Crippen LogP contribution in [0, 0.1) is 5.41 Å². The Morgan fingerprint density at radius 3 is 2.50 bits per heavy atom. The number of benzene rings is 1. The molecule has 0 aromatic heterocycles. The highest BCUT2D eigenvalue weighted by Crippen LogP contribution is 2.36. The Labute approximate surface area is 185 Å². The number of halogens is 1. The van der Waals surface area contributed by atoms with Gasteiger partial charge in [0.15, 0.2) is 0 Å². The lowest BCUT2D eigenvalue weighted by Crippen LogP contribution is -2.52. The van der Waals surface area contributed by atoms with Gasteiger partial charge in [-0.3, -0.25) is 9.59 Å². The van der Waals surface area contributed by atoms with Crippen LogP contribution < -0.4 is 4.74 Å². The SMILES string of the molecule is CN(C)CC(=O)N1CCC[C@@](COc2cccc(Cl)c2)(CC(=O)N2CCCCC2)C1. The maximum absolute atomic E-state index is 13.1. The quantitative estimate of drug-likeness (QED) is 0.659. The molecule has 1 aromatic carbocycles. The van der Waals surface area contributed by atoms with Crippen molar-refractivity contribution in [3.05, 3.63) is 29.3 Å². The third-order valence-corrected chi connectivity index (χ3v) is 6.28. The van der Waals surface area contributed by atoms with E-state index in [1.807, 2.05) is 47.0 Å². The highest BCUT2D eigenvalue weighted by atomic mass is 35.5. The molecule has 1 atom stereocenters. The molecule has 0 saturated carbocycles. The summed E-state index contributed by atoms with van der Waals surface area (Å²) in [5.74, 6) is 0.993. The number of amides is 2. The number of likely N-dealkylation sites (tertiary alicyclic amines) is 2. The van der Waals surface area contributed by atoms with Gasteiger partial charge >= 0.3 is 0 Å².